The first-order chi connectivity index (χ1) is 10.4. The molecule has 1 aliphatic heterocycles. The molecule has 2 N–H and O–H groups in total. The fraction of sp³-hybridized carbons (Fsp3) is 0.533. The number of alkyl halides is 2. The lowest BCUT2D eigenvalue weighted by Crippen LogP contribution is -2.43. The summed E-state index contributed by atoms with van der Waals surface area (Å²) in [6.45, 7) is 1.57. The van der Waals surface area contributed by atoms with Crippen LogP contribution in [-0.4, -0.2) is 44.2 Å². The number of halogens is 3. The van der Waals surface area contributed by atoms with Crippen molar-refractivity contribution in [3.05, 3.63) is 24.3 Å². The van der Waals surface area contributed by atoms with Gasteiger partial charge in [0, 0.05) is 12.5 Å². The third kappa shape index (κ3) is 5.84. The Morgan fingerprint density at radius 1 is 1.48 bits per heavy atom. The van der Waals surface area contributed by atoms with E-state index >= 15 is 0 Å². The van der Waals surface area contributed by atoms with Crippen LogP contribution in [0.2, 0.25) is 0 Å². The van der Waals surface area contributed by atoms with Crippen molar-refractivity contribution in [2.24, 2.45) is 0 Å². The molecule has 1 aliphatic rings. The Kier molecular flexibility index (Phi) is 7.02. The van der Waals surface area contributed by atoms with Crippen LogP contribution in [0.25, 0.3) is 0 Å². The highest BCUT2D eigenvalue weighted by Crippen LogP contribution is 2.25. The molecule has 0 aliphatic carbocycles. The first-order valence-corrected chi connectivity index (χ1v) is 7.09. The summed E-state index contributed by atoms with van der Waals surface area (Å²) in [5.74, 6) is -1.96. The van der Waals surface area contributed by atoms with Crippen LogP contribution < -0.4 is 20.1 Å². The average Bonchev–Trinajstić information content (AvgIpc) is 2.85. The molecule has 5 nitrogen and oxygen atoms in total. The van der Waals surface area contributed by atoms with E-state index in [4.69, 9.17) is 9.47 Å². The predicted molar refractivity (Wildman–Crippen MR) is 84.7 cm³/mol. The molecule has 1 fully saturated rings. The Morgan fingerprint density at radius 2 is 2.17 bits per heavy atom. The Bertz CT molecular complexity index is 531. The highest BCUT2D eigenvalue weighted by Gasteiger charge is 2.42. The van der Waals surface area contributed by atoms with Gasteiger partial charge in [-0.1, -0.05) is 6.07 Å². The lowest BCUT2D eigenvalue weighted by atomic mass is 10.2. The van der Waals surface area contributed by atoms with Crippen molar-refractivity contribution in [1.82, 2.24) is 10.6 Å². The number of ether oxygens (including phenoxy) is 2. The molecule has 0 spiro atoms. The van der Waals surface area contributed by atoms with Crippen molar-refractivity contribution < 1.29 is 23.0 Å². The van der Waals surface area contributed by atoms with Gasteiger partial charge in [0.05, 0.1) is 26.2 Å². The molecule has 2 unspecified atom stereocenters. The summed E-state index contributed by atoms with van der Waals surface area (Å²) in [4.78, 5) is 11.8. The first kappa shape index (κ1) is 19.4. The number of benzene rings is 1. The summed E-state index contributed by atoms with van der Waals surface area (Å²) in [6, 6.07) is 6.26. The van der Waals surface area contributed by atoms with Crippen molar-refractivity contribution in [2.75, 3.05) is 20.2 Å². The second-order valence-corrected chi connectivity index (χ2v) is 5.35. The topological polar surface area (TPSA) is 59.6 Å². The SMILES string of the molecule is COc1cccc(OC(C)CNC(=O)C2CC(F)(F)CN2)c1.Cl. The average molecular weight is 351 g/mol. The number of hydrogen-bond donors (Lipinski definition) is 2. The summed E-state index contributed by atoms with van der Waals surface area (Å²) in [5, 5.41) is 5.14. The van der Waals surface area contributed by atoms with Crippen LogP contribution in [0.4, 0.5) is 8.78 Å². The zero-order valence-electron chi connectivity index (χ0n) is 13.0. The summed E-state index contributed by atoms with van der Waals surface area (Å²) >= 11 is 0. The lowest BCUT2D eigenvalue weighted by Gasteiger charge is -2.17. The molecule has 23 heavy (non-hydrogen) atoms. The monoisotopic (exact) mass is 350 g/mol. The van der Waals surface area contributed by atoms with E-state index in [0.29, 0.717) is 11.5 Å². The smallest absolute Gasteiger partial charge is 0.262 e. The van der Waals surface area contributed by atoms with Gasteiger partial charge in [-0.15, -0.1) is 12.4 Å². The van der Waals surface area contributed by atoms with Gasteiger partial charge in [0.1, 0.15) is 17.6 Å². The summed E-state index contributed by atoms with van der Waals surface area (Å²) in [6.07, 6.45) is -0.762. The van der Waals surface area contributed by atoms with Crippen molar-refractivity contribution in [1.29, 1.82) is 0 Å². The molecule has 0 bridgehead atoms. The Labute approximate surface area is 140 Å². The van der Waals surface area contributed by atoms with E-state index < -0.39 is 30.8 Å². The molecule has 2 rings (SSSR count). The number of nitrogens with one attached hydrogen (secondary N) is 2. The van der Waals surface area contributed by atoms with E-state index in [1.54, 1.807) is 38.3 Å². The molecule has 0 saturated carbocycles. The van der Waals surface area contributed by atoms with Crippen LogP contribution in [0.3, 0.4) is 0 Å². The van der Waals surface area contributed by atoms with E-state index in [1.165, 1.54) is 0 Å². The molecular formula is C15H21ClF2N2O3. The van der Waals surface area contributed by atoms with Crippen LogP contribution >= 0.6 is 12.4 Å². The number of amides is 1. The van der Waals surface area contributed by atoms with Gasteiger partial charge in [0.2, 0.25) is 5.91 Å². The molecule has 1 aromatic rings. The largest absolute Gasteiger partial charge is 0.497 e. The van der Waals surface area contributed by atoms with E-state index in [1.807, 2.05) is 0 Å². The molecule has 1 amide bonds. The summed E-state index contributed by atoms with van der Waals surface area (Å²) in [5.41, 5.74) is 0. The molecule has 2 atom stereocenters. The summed E-state index contributed by atoms with van der Waals surface area (Å²) < 4.78 is 36.8. The van der Waals surface area contributed by atoms with Gasteiger partial charge in [-0.05, 0) is 19.1 Å². The Morgan fingerprint density at radius 3 is 2.78 bits per heavy atom. The van der Waals surface area contributed by atoms with E-state index in [0.717, 1.165) is 0 Å². The molecule has 0 radical (unpaired) electrons. The van der Waals surface area contributed by atoms with Crippen LogP contribution in [0.1, 0.15) is 13.3 Å². The molecule has 0 aromatic heterocycles. The minimum absolute atomic E-state index is 0. The maximum Gasteiger partial charge on any atom is 0.262 e. The lowest BCUT2D eigenvalue weighted by molar-refractivity contribution is -0.123. The molecule has 8 heteroatoms. The van der Waals surface area contributed by atoms with Crippen LogP contribution in [0, 0.1) is 0 Å². The van der Waals surface area contributed by atoms with Crippen LogP contribution in [0.5, 0.6) is 11.5 Å². The van der Waals surface area contributed by atoms with Gasteiger partial charge in [0.25, 0.3) is 5.92 Å². The highest BCUT2D eigenvalue weighted by atomic mass is 35.5. The van der Waals surface area contributed by atoms with Gasteiger partial charge in [-0.2, -0.15) is 0 Å². The van der Waals surface area contributed by atoms with Crippen LogP contribution in [0.15, 0.2) is 24.3 Å². The minimum atomic E-state index is -2.81. The van der Waals surface area contributed by atoms with Crippen molar-refractivity contribution >= 4 is 18.3 Å². The van der Waals surface area contributed by atoms with E-state index in [9.17, 15) is 13.6 Å². The molecule has 1 aromatic carbocycles. The number of carbonyl (C=O) groups is 1. The van der Waals surface area contributed by atoms with E-state index in [-0.39, 0.29) is 25.1 Å². The molecule has 130 valence electrons. The fourth-order valence-corrected chi connectivity index (χ4v) is 2.22. The van der Waals surface area contributed by atoms with E-state index in [2.05, 4.69) is 10.6 Å². The zero-order valence-corrected chi connectivity index (χ0v) is 13.8. The van der Waals surface area contributed by atoms with Gasteiger partial charge in [0.15, 0.2) is 0 Å². The quantitative estimate of drug-likeness (QED) is 0.824. The number of rotatable bonds is 6. The molecular weight excluding hydrogens is 330 g/mol. The molecule has 1 heterocycles. The maximum atomic E-state index is 13.0. The van der Waals surface area contributed by atoms with Gasteiger partial charge in [-0.25, -0.2) is 8.78 Å². The number of hydrogen-bond acceptors (Lipinski definition) is 4. The maximum absolute atomic E-state index is 13.0. The normalized spacial score (nSPS) is 20.3. The predicted octanol–water partition coefficient (Wildman–Crippen LogP) is 2.00. The second-order valence-electron chi connectivity index (χ2n) is 5.35. The third-order valence-corrected chi connectivity index (χ3v) is 3.37. The van der Waals surface area contributed by atoms with Gasteiger partial charge < -0.3 is 14.8 Å². The Hall–Kier alpha value is -1.60. The Balaban J connectivity index is 0.00000264. The third-order valence-electron chi connectivity index (χ3n) is 3.37. The number of carbonyl (C=O) groups excluding carboxylic acids is 1. The highest BCUT2D eigenvalue weighted by molar-refractivity contribution is 5.85. The van der Waals surface area contributed by atoms with Gasteiger partial charge in [-0.3, -0.25) is 10.1 Å². The van der Waals surface area contributed by atoms with Crippen molar-refractivity contribution in [3.8, 4) is 11.5 Å². The molecule has 1 saturated heterocycles. The van der Waals surface area contributed by atoms with Crippen molar-refractivity contribution in [2.45, 2.75) is 31.4 Å². The zero-order chi connectivity index (χ0) is 16.2. The fourth-order valence-electron chi connectivity index (χ4n) is 2.22. The standard InChI is InChI=1S/C15H20F2N2O3.ClH/c1-10(22-12-5-3-4-11(6-12)21-2)8-18-14(20)13-7-15(16,17)9-19-13;/h3-6,10,13,19H,7-9H2,1-2H3,(H,18,20);1H. The first-order valence-electron chi connectivity index (χ1n) is 7.09. The number of methoxy groups -OCH3 is 1. The second kappa shape index (κ2) is 8.31. The summed E-state index contributed by atoms with van der Waals surface area (Å²) in [7, 11) is 1.56. The van der Waals surface area contributed by atoms with Crippen molar-refractivity contribution in [3.63, 3.8) is 0 Å². The minimum Gasteiger partial charge on any atom is -0.497 e. The van der Waals surface area contributed by atoms with Crippen LogP contribution in [-0.2, 0) is 4.79 Å². The van der Waals surface area contributed by atoms with Gasteiger partial charge >= 0.3 is 0 Å².